The van der Waals surface area contributed by atoms with Crippen LogP contribution in [0.1, 0.15) is 22.7 Å². The van der Waals surface area contributed by atoms with Gasteiger partial charge in [0.1, 0.15) is 6.04 Å². The lowest BCUT2D eigenvalue weighted by Crippen LogP contribution is -2.46. The molecule has 2 saturated heterocycles. The first-order chi connectivity index (χ1) is 17.8. The van der Waals surface area contributed by atoms with Crippen LogP contribution >= 0.6 is 0 Å². The molecule has 3 amide bonds. The number of nitrogens with one attached hydrogen (secondary N) is 1. The van der Waals surface area contributed by atoms with Crippen LogP contribution in [-0.4, -0.2) is 28.7 Å². The Morgan fingerprint density at radius 2 is 1.54 bits per heavy atom. The number of nitrogens with zero attached hydrogens (tertiary/aromatic N) is 2. The lowest BCUT2D eigenvalue weighted by atomic mass is 9.84. The summed E-state index contributed by atoms with van der Waals surface area (Å²) < 4.78 is 39.7. The summed E-state index contributed by atoms with van der Waals surface area (Å²) >= 11 is 0. The fourth-order valence-electron chi connectivity index (χ4n) is 5.68. The molecule has 3 aromatic rings. The summed E-state index contributed by atoms with van der Waals surface area (Å²) in [6.07, 6.45) is -1.08. The van der Waals surface area contributed by atoms with E-state index in [0.717, 1.165) is 28.2 Å². The summed E-state index contributed by atoms with van der Waals surface area (Å²) in [4.78, 5) is 43.9. The van der Waals surface area contributed by atoms with Gasteiger partial charge in [0.05, 0.1) is 29.1 Å². The van der Waals surface area contributed by atoms with E-state index in [2.05, 4.69) is 5.32 Å². The summed E-state index contributed by atoms with van der Waals surface area (Å²) in [6.45, 7) is 0. The fraction of sp³-hybridized carbons (Fsp3) is 0.179. The fourth-order valence-corrected chi connectivity index (χ4v) is 5.68. The van der Waals surface area contributed by atoms with Crippen LogP contribution in [0.15, 0.2) is 85.1 Å². The summed E-state index contributed by atoms with van der Waals surface area (Å²) in [7, 11) is 0. The van der Waals surface area contributed by atoms with Crippen LogP contribution in [0, 0.1) is 11.8 Å². The Kier molecular flexibility index (Phi) is 5.18. The first kappa shape index (κ1) is 23.0. The molecule has 6 nitrogen and oxygen atoms in total. The summed E-state index contributed by atoms with van der Waals surface area (Å²) in [5.74, 6) is -3.42. The largest absolute Gasteiger partial charge is 0.416 e. The molecule has 6 rings (SSSR count). The number of para-hydroxylation sites is 1. The third-order valence-corrected chi connectivity index (χ3v) is 7.20. The van der Waals surface area contributed by atoms with E-state index in [9.17, 15) is 27.6 Å². The van der Waals surface area contributed by atoms with Crippen LogP contribution in [0.3, 0.4) is 0 Å². The number of hydrogen-bond donors (Lipinski definition) is 1. The van der Waals surface area contributed by atoms with Crippen molar-refractivity contribution in [3.05, 3.63) is 102 Å². The number of amides is 3. The third-order valence-electron chi connectivity index (χ3n) is 7.20. The molecule has 3 aliphatic rings. The van der Waals surface area contributed by atoms with Gasteiger partial charge in [0, 0.05) is 11.9 Å². The van der Waals surface area contributed by atoms with E-state index in [4.69, 9.17) is 0 Å². The van der Waals surface area contributed by atoms with E-state index in [0.29, 0.717) is 5.69 Å². The number of alkyl halides is 3. The zero-order valence-electron chi connectivity index (χ0n) is 19.2. The molecular formula is C28H20F3N3O3. The molecule has 0 bridgehead atoms. The smallest absolute Gasteiger partial charge is 0.357 e. The van der Waals surface area contributed by atoms with E-state index < -0.39 is 53.4 Å². The van der Waals surface area contributed by atoms with Gasteiger partial charge in [0.15, 0.2) is 0 Å². The van der Waals surface area contributed by atoms with E-state index >= 15 is 0 Å². The van der Waals surface area contributed by atoms with Gasteiger partial charge in [-0.3, -0.25) is 14.4 Å². The second-order valence-electron chi connectivity index (χ2n) is 9.25. The molecule has 4 atom stereocenters. The number of halogens is 3. The van der Waals surface area contributed by atoms with Gasteiger partial charge in [-0.15, -0.1) is 0 Å². The van der Waals surface area contributed by atoms with Crippen LogP contribution in [0.25, 0.3) is 6.08 Å². The molecule has 186 valence electrons. The van der Waals surface area contributed by atoms with Crippen molar-refractivity contribution in [1.82, 2.24) is 4.90 Å². The minimum atomic E-state index is -4.58. The van der Waals surface area contributed by atoms with Gasteiger partial charge < -0.3 is 10.2 Å². The Morgan fingerprint density at radius 3 is 2.30 bits per heavy atom. The number of carbonyl (C=O) groups is 3. The highest BCUT2D eigenvalue weighted by atomic mass is 19.4. The van der Waals surface area contributed by atoms with Crippen molar-refractivity contribution in [2.24, 2.45) is 11.8 Å². The van der Waals surface area contributed by atoms with Gasteiger partial charge in [-0.25, -0.2) is 4.90 Å². The number of hydrogen-bond acceptors (Lipinski definition) is 4. The minimum absolute atomic E-state index is 0.0436. The van der Waals surface area contributed by atoms with E-state index in [-0.39, 0.29) is 5.69 Å². The van der Waals surface area contributed by atoms with Crippen molar-refractivity contribution in [2.45, 2.75) is 18.3 Å². The maximum Gasteiger partial charge on any atom is 0.416 e. The predicted molar refractivity (Wildman–Crippen MR) is 130 cm³/mol. The van der Waals surface area contributed by atoms with Crippen molar-refractivity contribution in [3.8, 4) is 0 Å². The van der Waals surface area contributed by atoms with Gasteiger partial charge in [0.25, 0.3) is 0 Å². The summed E-state index contributed by atoms with van der Waals surface area (Å²) in [5.41, 5.74) is 1.15. The lowest BCUT2D eigenvalue weighted by molar-refractivity contribution is -0.137. The Bertz CT molecular complexity index is 1450. The average Bonchev–Trinajstić information content (AvgIpc) is 3.36. The molecule has 1 N–H and O–H groups in total. The van der Waals surface area contributed by atoms with Gasteiger partial charge in [-0.05, 0) is 47.5 Å². The number of fused-ring (bicyclic) bond motifs is 5. The molecule has 37 heavy (non-hydrogen) atoms. The number of carbonyl (C=O) groups excluding carboxylic acids is 3. The van der Waals surface area contributed by atoms with Gasteiger partial charge >= 0.3 is 6.18 Å². The molecular weight excluding hydrogens is 483 g/mol. The monoisotopic (exact) mass is 503 g/mol. The first-order valence-electron chi connectivity index (χ1n) is 11.7. The molecule has 0 spiro atoms. The Labute approximate surface area is 210 Å². The second kappa shape index (κ2) is 8.33. The maximum absolute atomic E-state index is 13.7. The average molecular weight is 503 g/mol. The molecule has 3 aliphatic heterocycles. The van der Waals surface area contributed by atoms with Crippen molar-refractivity contribution < 1.29 is 27.6 Å². The van der Waals surface area contributed by atoms with Crippen LogP contribution < -0.4 is 10.2 Å². The SMILES string of the molecule is O=C(Nc1cccc(C(F)(F)F)c1)[C@@H]1[C@@H]2C(=O)N(c3ccccc3)C(=O)[C@@H]2[C@@H]2c3ccccc3C=CN12. The standard InChI is InChI=1S/C28H20F3N3O3/c29-28(30,31)17-8-6-9-18(15-17)32-25(35)24-22-21(23-20-12-5-4-7-16(20)13-14-33(23)24)26(36)34(27(22)37)19-10-2-1-3-11-19/h1-15,21-24H,(H,32,35)/t21-,22+,23-,24-/m0/s1. The molecule has 0 radical (unpaired) electrons. The Morgan fingerprint density at radius 1 is 0.838 bits per heavy atom. The number of imide groups is 1. The van der Waals surface area contributed by atoms with Crippen LogP contribution in [0.2, 0.25) is 0 Å². The molecule has 3 heterocycles. The van der Waals surface area contributed by atoms with Gasteiger partial charge in [0.2, 0.25) is 17.7 Å². The first-order valence-corrected chi connectivity index (χ1v) is 11.7. The van der Waals surface area contributed by atoms with E-state index in [1.54, 1.807) is 47.5 Å². The molecule has 3 aromatic carbocycles. The highest BCUT2D eigenvalue weighted by Gasteiger charge is 2.64. The normalized spacial score (nSPS) is 24.1. The Hall–Kier alpha value is -4.40. The van der Waals surface area contributed by atoms with Crippen LogP contribution in [-0.2, 0) is 20.6 Å². The third kappa shape index (κ3) is 3.61. The van der Waals surface area contributed by atoms with Crippen molar-refractivity contribution >= 4 is 35.2 Å². The van der Waals surface area contributed by atoms with Gasteiger partial charge in [-0.2, -0.15) is 13.2 Å². The zero-order valence-corrected chi connectivity index (χ0v) is 19.2. The highest BCUT2D eigenvalue weighted by Crippen LogP contribution is 2.53. The topological polar surface area (TPSA) is 69.7 Å². The molecule has 2 fully saturated rings. The second-order valence-corrected chi connectivity index (χ2v) is 9.25. The minimum Gasteiger partial charge on any atom is -0.357 e. The van der Waals surface area contributed by atoms with Crippen molar-refractivity contribution in [2.75, 3.05) is 10.2 Å². The number of benzene rings is 3. The highest BCUT2D eigenvalue weighted by molar-refractivity contribution is 6.24. The zero-order chi connectivity index (χ0) is 25.9. The molecule has 0 saturated carbocycles. The molecule has 9 heteroatoms. The number of rotatable bonds is 3. The molecule has 0 unspecified atom stereocenters. The van der Waals surface area contributed by atoms with Crippen LogP contribution in [0.5, 0.6) is 0 Å². The Balaban J connectivity index is 1.41. The quantitative estimate of drug-likeness (QED) is 0.519. The van der Waals surface area contributed by atoms with E-state index in [1.165, 1.54) is 12.1 Å². The van der Waals surface area contributed by atoms with Gasteiger partial charge in [-0.1, -0.05) is 48.5 Å². The summed E-state index contributed by atoms with van der Waals surface area (Å²) in [6, 6.07) is 18.6. The summed E-state index contributed by atoms with van der Waals surface area (Å²) in [5, 5.41) is 2.56. The van der Waals surface area contributed by atoms with Crippen molar-refractivity contribution in [1.29, 1.82) is 0 Å². The lowest BCUT2D eigenvalue weighted by Gasteiger charge is -2.35. The maximum atomic E-state index is 13.7. The van der Waals surface area contributed by atoms with Crippen LogP contribution in [0.4, 0.5) is 24.5 Å². The van der Waals surface area contributed by atoms with E-state index in [1.807, 2.05) is 24.3 Å². The predicted octanol–water partition coefficient (Wildman–Crippen LogP) is 4.86. The number of anilines is 2. The van der Waals surface area contributed by atoms with Crippen molar-refractivity contribution in [3.63, 3.8) is 0 Å². The molecule has 0 aliphatic carbocycles. The molecule has 0 aromatic heterocycles.